The van der Waals surface area contributed by atoms with E-state index < -0.39 is 46.2 Å². The first-order valence-electron chi connectivity index (χ1n) is 10.6. The van der Waals surface area contributed by atoms with Gasteiger partial charge in [-0.1, -0.05) is 32.0 Å². The average Bonchev–Trinajstić information content (AvgIpc) is 3.14. The van der Waals surface area contributed by atoms with Crippen LogP contribution < -0.4 is 15.1 Å². The van der Waals surface area contributed by atoms with Gasteiger partial charge in [0.1, 0.15) is 17.4 Å². The van der Waals surface area contributed by atoms with Crippen molar-refractivity contribution < 1.29 is 28.8 Å². The van der Waals surface area contributed by atoms with Gasteiger partial charge in [0.25, 0.3) is 17.5 Å². The molecule has 11 nitrogen and oxygen atoms in total. The number of imide groups is 1. The summed E-state index contributed by atoms with van der Waals surface area (Å²) < 4.78 is 5.15. The van der Waals surface area contributed by atoms with Crippen molar-refractivity contribution in [2.45, 2.75) is 32.7 Å². The molecule has 178 valence electrons. The molecule has 11 heteroatoms. The first kappa shape index (κ1) is 24.4. The van der Waals surface area contributed by atoms with Crippen LogP contribution in [0.2, 0.25) is 0 Å². The highest BCUT2D eigenvalue weighted by Gasteiger charge is 2.46. The van der Waals surface area contributed by atoms with Gasteiger partial charge in [0.05, 0.1) is 24.1 Å². The number of carbonyl (C=O) groups excluding carboxylic acids is 4. The van der Waals surface area contributed by atoms with Gasteiger partial charge in [0.15, 0.2) is 0 Å². The molecule has 34 heavy (non-hydrogen) atoms. The molecule has 1 aliphatic heterocycles. The van der Waals surface area contributed by atoms with Gasteiger partial charge in [-0.05, 0) is 24.6 Å². The third-order valence-electron chi connectivity index (χ3n) is 5.58. The number of hydrogen-bond acceptors (Lipinski definition) is 7. The Morgan fingerprint density at radius 2 is 1.94 bits per heavy atom. The van der Waals surface area contributed by atoms with E-state index in [1.165, 1.54) is 31.4 Å². The number of amides is 4. The topological polar surface area (TPSA) is 139 Å². The first-order valence-corrected chi connectivity index (χ1v) is 10.6. The summed E-state index contributed by atoms with van der Waals surface area (Å²) in [7, 11) is 1.44. The molecule has 3 rings (SSSR count). The van der Waals surface area contributed by atoms with Crippen LogP contribution in [0.4, 0.5) is 11.4 Å². The van der Waals surface area contributed by atoms with Gasteiger partial charge in [-0.15, -0.1) is 0 Å². The monoisotopic (exact) mass is 468 g/mol. The van der Waals surface area contributed by atoms with E-state index in [0.717, 1.165) is 16.0 Å². The van der Waals surface area contributed by atoms with Crippen LogP contribution >= 0.6 is 0 Å². The second-order valence-corrected chi connectivity index (χ2v) is 7.72. The lowest BCUT2D eigenvalue weighted by molar-refractivity contribution is -0.385. The molecule has 1 saturated heterocycles. The van der Waals surface area contributed by atoms with Crippen molar-refractivity contribution in [3.8, 4) is 5.75 Å². The highest BCUT2D eigenvalue weighted by molar-refractivity contribution is 6.23. The number of ether oxygens (including phenoxy) is 1. The zero-order valence-electron chi connectivity index (χ0n) is 18.9. The Kier molecular flexibility index (Phi) is 7.24. The molecule has 1 fully saturated rings. The molecular formula is C23H24N4O7. The molecule has 0 aromatic heterocycles. The summed E-state index contributed by atoms with van der Waals surface area (Å²) in [4.78, 5) is 63.7. The SMILES string of the molecule is CCC(C)C(=O)N(NC(=O)c1ccccc1[N+](=O)[O-])C1CC(=O)N(c2cccc(OC)c2)C1=O. The van der Waals surface area contributed by atoms with E-state index in [2.05, 4.69) is 5.43 Å². The maximum Gasteiger partial charge on any atom is 0.282 e. The van der Waals surface area contributed by atoms with Gasteiger partial charge in [0.2, 0.25) is 11.8 Å². The maximum absolute atomic E-state index is 13.3. The first-order chi connectivity index (χ1) is 16.2. The van der Waals surface area contributed by atoms with E-state index in [9.17, 15) is 29.3 Å². The fourth-order valence-electron chi connectivity index (χ4n) is 3.53. The van der Waals surface area contributed by atoms with E-state index in [1.807, 2.05) is 0 Å². The van der Waals surface area contributed by atoms with Crippen molar-refractivity contribution in [1.82, 2.24) is 10.4 Å². The third kappa shape index (κ3) is 4.72. The van der Waals surface area contributed by atoms with Gasteiger partial charge in [-0.3, -0.25) is 34.7 Å². The number of nitrogens with zero attached hydrogens (tertiary/aromatic N) is 3. The van der Waals surface area contributed by atoms with Crippen molar-refractivity contribution >= 4 is 35.0 Å². The lowest BCUT2D eigenvalue weighted by Crippen LogP contribution is -2.56. The van der Waals surface area contributed by atoms with Crippen LogP contribution in [0.3, 0.4) is 0 Å². The number of para-hydroxylation sites is 1. The molecular weight excluding hydrogens is 444 g/mol. The molecule has 2 aromatic carbocycles. The number of carbonyl (C=O) groups is 4. The molecule has 2 unspecified atom stereocenters. The molecule has 2 aromatic rings. The van der Waals surface area contributed by atoms with Crippen LogP contribution in [0.25, 0.3) is 0 Å². The van der Waals surface area contributed by atoms with Crippen molar-refractivity contribution in [1.29, 1.82) is 0 Å². The quantitative estimate of drug-likeness (QED) is 0.374. The predicted molar refractivity (Wildman–Crippen MR) is 121 cm³/mol. The minimum atomic E-state index is -1.31. The Morgan fingerprint density at radius 3 is 2.59 bits per heavy atom. The molecule has 0 aliphatic carbocycles. The van der Waals surface area contributed by atoms with E-state index in [4.69, 9.17) is 4.74 Å². The normalized spacial score (nSPS) is 16.2. The summed E-state index contributed by atoms with van der Waals surface area (Å²) in [6.07, 6.45) is 0.0422. The van der Waals surface area contributed by atoms with Crippen LogP contribution in [-0.2, 0) is 14.4 Å². The summed E-state index contributed by atoms with van der Waals surface area (Å²) in [6, 6.07) is 10.2. The van der Waals surface area contributed by atoms with Crippen LogP contribution in [0.1, 0.15) is 37.0 Å². The molecule has 0 spiro atoms. The van der Waals surface area contributed by atoms with E-state index in [0.29, 0.717) is 12.2 Å². The van der Waals surface area contributed by atoms with Crippen LogP contribution in [-0.4, -0.2) is 46.7 Å². The Morgan fingerprint density at radius 1 is 1.24 bits per heavy atom. The second kappa shape index (κ2) is 10.1. The molecule has 1 aliphatic rings. The zero-order valence-corrected chi connectivity index (χ0v) is 18.9. The number of rotatable bonds is 7. The smallest absolute Gasteiger partial charge is 0.282 e. The van der Waals surface area contributed by atoms with Crippen molar-refractivity contribution in [2.75, 3.05) is 12.0 Å². The number of hydrazine groups is 1. The van der Waals surface area contributed by atoms with E-state index in [-0.39, 0.29) is 17.7 Å². The van der Waals surface area contributed by atoms with E-state index in [1.54, 1.807) is 32.0 Å². The molecule has 0 bridgehead atoms. The molecule has 1 N–H and O–H groups in total. The molecule has 4 amide bonds. The average molecular weight is 468 g/mol. The summed E-state index contributed by atoms with van der Waals surface area (Å²) in [6.45, 7) is 3.38. The Balaban J connectivity index is 1.96. The molecule has 1 heterocycles. The van der Waals surface area contributed by atoms with Crippen molar-refractivity contribution in [2.24, 2.45) is 5.92 Å². The Bertz CT molecular complexity index is 1150. The van der Waals surface area contributed by atoms with Crippen molar-refractivity contribution in [3.63, 3.8) is 0 Å². The fraction of sp³-hybridized carbons (Fsp3) is 0.304. The Labute approximate surface area is 195 Å². The summed E-state index contributed by atoms with van der Waals surface area (Å²) >= 11 is 0. The lowest BCUT2D eigenvalue weighted by atomic mass is 10.1. The van der Waals surface area contributed by atoms with Gasteiger partial charge >= 0.3 is 0 Å². The summed E-state index contributed by atoms with van der Waals surface area (Å²) in [5, 5.41) is 12.2. The molecule has 0 radical (unpaired) electrons. The maximum atomic E-state index is 13.3. The zero-order chi connectivity index (χ0) is 25.0. The number of nitrogens with one attached hydrogen (secondary N) is 1. The number of nitro groups is 1. The van der Waals surface area contributed by atoms with Gasteiger partial charge in [0, 0.05) is 18.1 Å². The molecule has 0 saturated carbocycles. The van der Waals surface area contributed by atoms with Crippen LogP contribution in [0.5, 0.6) is 5.75 Å². The third-order valence-corrected chi connectivity index (χ3v) is 5.58. The predicted octanol–water partition coefficient (Wildman–Crippen LogP) is 2.46. The van der Waals surface area contributed by atoms with Crippen molar-refractivity contribution in [3.05, 3.63) is 64.2 Å². The summed E-state index contributed by atoms with van der Waals surface area (Å²) in [5.74, 6) is -2.96. The number of nitro benzene ring substituents is 1. The van der Waals surface area contributed by atoms with Gasteiger partial charge in [-0.2, -0.15) is 0 Å². The lowest BCUT2D eigenvalue weighted by Gasteiger charge is -2.29. The van der Waals surface area contributed by atoms with Gasteiger partial charge in [-0.25, -0.2) is 9.91 Å². The fourth-order valence-corrected chi connectivity index (χ4v) is 3.53. The Hall–Kier alpha value is -4.28. The highest BCUT2D eigenvalue weighted by Crippen LogP contribution is 2.29. The number of methoxy groups -OCH3 is 1. The van der Waals surface area contributed by atoms with Crippen LogP contribution in [0, 0.1) is 16.0 Å². The number of benzene rings is 2. The van der Waals surface area contributed by atoms with Gasteiger partial charge < -0.3 is 4.74 Å². The molecule has 2 atom stereocenters. The number of anilines is 1. The largest absolute Gasteiger partial charge is 0.497 e. The van der Waals surface area contributed by atoms with E-state index >= 15 is 0 Å². The minimum absolute atomic E-state index is 0.262. The second-order valence-electron chi connectivity index (χ2n) is 7.72. The van der Waals surface area contributed by atoms with Crippen LogP contribution in [0.15, 0.2) is 48.5 Å². The summed E-state index contributed by atoms with van der Waals surface area (Å²) in [5.41, 5.74) is 1.87. The minimum Gasteiger partial charge on any atom is -0.497 e. The highest BCUT2D eigenvalue weighted by atomic mass is 16.6. The number of hydrogen-bond donors (Lipinski definition) is 1. The standard InChI is InChI=1S/C23H24N4O7/c1-4-14(2)22(30)26(24-21(29)17-10-5-6-11-18(17)27(32)33)19-13-20(28)25(23(19)31)15-8-7-9-16(12-15)34-3/h5-12,14,19H,4,13H2,1-3H3,(H,24,29).